The van der Waals surface area contributed by atoms with Gasteiger partial charge in [-0.15, -0.1) is 0 Å². The van der Waals surface area contributed by atoms with Crippen LogP contribution in [0.2, 0.25) is 0 Å². The van der Waals surface area contributed by atoms with Gasteiger partial charge in [0, 0.05) is 0 Å². The van der Waals surface area contributed by atoms with Crippen molar-refractivity contribution in [3.05, 3.63) is 23.8 Å². The summed E-state index contributed by atoms with van der Waals surface area (Å²) in [5, 5.41) is 10.8. The molecule has 1 N–H and O–H groups in total. The van der Waals surface area contributed by atoms with Crippen molar-refractivity contribution in [2.75, 3.05) is 0 Å². The van der Waals surface area contributed by atoms with Crippen LogP contribution in [0.4, 0.5) is 0 Å². The second kappa shape index (κ2) is 7.75. The molecule has 0 radical (unpaired) electrons. The molecular weight excluding hydrogens is 376 g/mol. The molecule has 0 aromatic heterocycles. The van der Waals surface area contributed by atoms with Crippen LogP contribution >= 0.6 is 0 Å². The van der Waals surface area contributed by atoms with Crippen LogP contribution in [0.3, 0.4) is 0 Å². The first-order chi connectivity index (χ1) is 14.4. The van der Waals surface area contributed by atoms with E-state index in [1.807, 2.05) is 0 Å². The van der Waals surface area contributed by atoms with Gasteiger partial charge >= 0.3 is 0 Å². The van der Waals surface area contributed by atoms with Crippen LogP contribution in [-0.2, 0) is 0 Å². The zero-order valence-corrected chi connectivity index (χ0v) is 21.7. The van der Waals surface area contributed by atoms with Crippen molar-refractivity contribution in [1.29, 1.82) is 0 Å². The number of rotatable bonds is 4. The molecule has 4 fully saturated rings. The Morgan fingerprint density at radius 1 is 0.871 bits per heavy atom. The van der Waals surface area contributed by atoms with Crippen molar-refractivity contribution in [3.8, 4) is 0 Å². The first-order valence-corrected chi connectivity index (χ1v) is 13.4. The predicted molar refractivity (Wildman–Crippen MR) is 133 cm³/mol. The third-order valence-corrected chi connectivity index (χ3v) is 11.9. The molecule has 1 unspecified atom stereocenters. The van der Waals surface area contributed by atoms with Gasteiger partial charge in [-0.05, 0) is 123 Å². The lowest BCUT2D eigenvalue weighted by Gasteiger charge is -2.69. The Morgan fingerprint density at radius 2 is 1.55 bits per heavy atom. The quantitative estimate of drug-likeness (QED) is 0.448. The second-order valence-electron chi connectivity index (χ2n) is 13.7. The molecule has 1 heteroatoms. The number of aliphatic hydroxyl groups is 1. The molecular formula is C30H50O. The molecule has 1 nitrogen and oxygen atoms in total. The Labute approximate surface area is 193 Å². The summed E-state index contributed by atoms with van der Waals surface area (Å²) in [4.78, 5) is 0. The largest absolute Gasteiger partial charge is 0.393 e. The van der Waals surface area contributed by atoms with Gasteiger partial charge in [0.15, 0.2) is 0 Å². The first kappa shape index (κ1) is 23.6. The first-order valence-electron chi connectivity index (χ1n) is 13.4. The lowest BCUT2D eigenvalue weighted by atomic mass is 9.35. The zero-order valence-electron chi connectivity index (χ0n) is 21.7. The number of hydrogen-bond acceptors (Lipinski definition) is 1. The normalized spacial score (nSPS) is 48.3. The molecule has 0 aromatic carbocycles. The fraction of sp³-hybridized carbons (Fsp3) is 0.867. The van der Waals surface area contributed by atoms with Gasteiger partial charge in [0.1, 0.15) is 0 Å². The highest BCUT2D eigenvalue weighted by atomic mass is 16.3. The molecule has 0 amide bonds. The van der Waals surface area contributed by atoms with Gasteiger partial charge in [0.2, 0.25) is 0 Å². The highest BCUT2D eigenvalue weighted by Gasteiger charge is 2.68. The molecule has 31 heavy (non-hydrogen) atoms. The Kier molecular flexibility index (Phi) is 5.90. The molecule has 4 saturated carbocycles. The molecule has 0 aromatic rings. The van der Waals surface area contributed by atoms with Crippen LogP contribution in [0, 0.1) is 45.3 Å². The monoisotopic (exact) mass is 426 g/mol. The maximum Gasteiger partial charge on any atom is 0.0594 e. The van der Waals surface area contributed by atoms with Crippen LogP contribution in [-0.4, -0.2) is 11.2 Å². The Morgan fingerprint density at radius 3 is 2.23 bits per heavy atom. The van der Waals surface area contributed by atoms with Gasteiger partial charge in [0.25, 0.3) is 0 Å². The summed E-state index contributed by atoms with van der Waals surface area (Å²) in [7, 11) is 0. The fourth-order valence-electron chi connectivity index (χ4n) is 9.95. The van der Waals surface area contributed by atoms with Gasteiger partial charge in [-0.2, -0.15) is 0 Å². The summed E-state index contributed by atoms with van der Waals surface area (Å²) in [6, 6.07) is 0. The van der Waals surface area contributed by atoms with Crippen LogP contribution in [0.5, 0.6) is 0 Å². The number of fused-ring (bicyclic) bond motifs is 5. The standard InChI is InChI=1S/C30H50O/c1-20(2)10-9-11-21(3)22-14-18-29(7)23(22)12-13-25-28(6)17-16-26(31)27(4,5)24(28)15-19-30(25,29)8/h10,22-26,31H,3,9,11-19H2,1-2,4-8H3/t22?,23-,24+,25-,26+,28+,29-,30-/m1/s1. The van der Waals surface area contributed by atoms with Gasteiger partial charge < -0.3 is 5.11 Å². The molecule has 0 aliphatic heterocycles. The predicted octanol–water partition coefficient (Wildman–Crippen LogP) is 8.34. The fourth-order valence-corrected chi connectivity index (χ4v) is 9.95. The lowest BCUT2D eigenvalue weighted by molar-refractivity contribution is -0.220. The van der Waals surface area contributed by atoms with E-state index >= 15 is 0 Å². The highest BCUT2D eigenvalue weighted by Crippen LogP contribution is 2.75. The van der Waals surface area contributed by atoms with E-state index < -0.39 is 0 Å². The average Bonchev–Trinajstić information content (AvgIpc) is 3.03. The maximum atomic E-state index is 10.8. The maximum absolute atomic E-state index is 10.8. The van der Waals surface area contributed by atoms with Crippen LogP contribution < -0.4 is 0 Å². The molecule has 4 rings (SSSR count). The van der Waals surface area contributed by atoms with E-state index in [1.54, 1.807) is 0 Å². The van der Waals surface area contributed by atoms with Crippen LogP contribution in [0.25, 0.3) is 0 Å². The van der Waals surface area contributed by atoms with Gasteiger partial charge in [0.05, 0.1) is 6.10 Å². The minimum atomic E-state index is -0.123. The van der Waals surface area contributed by atoms with Crippen molar-refractivity contribution in [2.24, 2.45) is 45.3 Å². The van der Waals surface area contributed by atoms with E-state index in [2.05, 4.69) is 61.1 Å². The van der Waals surface area contributed by atoms with Crippen molar-refractivity contribution >= 4 is 0 Å². The smallest absolute Gasteiger partial charge is 0.0594 e. The summed E-state index contributed by atoms with van der Waals surface area (Å²) in [6.07, 6.45) is 15.0. The van der Waals surface area contributed by atoms with E-state index in [0.717, 1.165) is 30.6 Å². The van der Waals surface area contributed by atoms with Crippen LogP contribution in [0.1, 0.15) is 113 Å². The summed E-state index contributed by atoms with van der Waals surface area (Å²) in [5.41, 5.74) is 4.31. The topological polar surface area (TPSA) is 20.2 Å². The van der Waals surface area contributed by atoms with Gasteiger partial charge in [-0.3, -0.25) is 0 Å². The molecule has 0 heterocycles. The van der Waals surface area contributed by atoms with Crippen molar-refractivity contribution in [3.63, 3.8) is 0 Å². The molecule has 4 aliphatic rings. The zero-order chi connectivity index (χ0) is 22.8. The average molecular weight is 427 g/mol. The van der Waals surface area contributed by atoms with E-state index in [0.29, 0.717) is 22.2 Å². The number of hydrogen-bond donors (Lipinski definition) is 1. The number of allylic oxidation sites excluding steroid dienone is 3. The third kappa shape index (κ3) is 3.34. The molecule has 4 aliphatic carbocycles. The summed E-state index contributed by atoms with van der Waals surface area (Å²) in [6.45, 7) is 21.8. The van der Waals surface area contributed by atoms with E-state index in [9.17, 15) is 5.11 Å². The summed E-state index contributed by atoms with van der Waals surface area (Å²) >= 11 is 0. The summed E-state index contributed by atoms with van der Waals surface area (Å²) < 4.78 is 0. The SMILES string of the molecule is C=C(CCC=C(C)C)C1CC[C@]2(C)[C@@H]1CC[C@@H]1[C@@]3(C)CC[C@H](O)C(C)(C)[C@@H]3CC[C@]12C. The second-order valence-corrected chi connectivity index (χ2v) is 13.7. The Bertz CT molecular complexity index is 742. The molecule has 0 bridgehead atoms. The minimum absolute atomic E-state index is 0.0590. The third-order valence-electron chi connectivity index (χ3n) is 11.9. The van der Waals surface area contributed by atoms with E-state index in [4.69, 9.17) is 0 Å². The number of aliphatic hydroxyl groups excluding tert-OH is 1. The van der Waals surface area contributed by atoms with Gasteiger partial charge in [-0.25, -0.2) is 0 Å². The highest BCUT2D eigenvalue weighted by molar-refractivity contribution is 5.20. The van der Waals surface area contributed by atoms with E-state index in [-0.39, 0.29) is 11.5 Å². The summed E-state index contributed by atoms with van der Waals surface area (Å²) in [5.74, 6) is 3.04. The van der Waals surface area contributed by atoms with Crippen LogP contribution in [0.15, 0.2) is 23.8 Å². The molecule has 0 saturated heterocycles. The lowest BCUT2D eigenvalue weighted by Crippen LogP contribution is -2.63. The van der Waals surface area contributed by atoms with Gasteiger partial charge in [-0.1, -0.05) is 58.4 Å². The Hall–Kier alpha value is -0.560. The van der Waals surface area contributed by atoms with Crippen molar-refractivity contribution in [2.45, 2.75) is 119 Å². The van der Waals surface area contributed by atoms with E-state index in [1.165, 1.54) is 62.5 Å². The molecule has 176 valence electrons. The molecule has 8 atom stereocenters. The minimum Gasteiger partial charge on any atom is -0.393 e. The van der Waals surface area contributed by atoms with Crippen molar-refractivity contribution in [1.82, 2.24) is 0 Å². The molecule has 0 spiro atoms. The Balaban J connectivity index is 1.59. The van der Waals surface area contributed by atoms with Crippen molar-refractivity contribution < 1.29 is 5.11 Å².